The third-order valence-electron chi connectivity index (χ3n) is 3.26. The van der Waals surface area contributed by atoms with Crippen LogP contribution in [0.5, 0.6) is 0 Å². The van der Waals surface area contributed by atoms with Crippen LogP contribution in [0.1, 0.15) is 13.3 Å². The van der Waals surface area contributed by atoms with Crippen LogP contribution in [0.15, 0.2) is 0 Å². The van der Waals surface area contributed by atoms with E-state index in [9.17, 15) is 0 Å². The minimum Gasteiger partial charge on any atom is -0.376 e. The number of hydrogen-bond donors (Lipinski definition) is 1. The van der Waals surface area contributed by atoms with Gasteiger partial charge in [0.05, 0.1) is 0 Å². The molecule has 0 aliphatic heterocycles. The molecule has 0 aliphatic carbocycles. The van der Waals surface area contributed by atoms with E-state index in [2.05, 4.69) is 0 Å². The Kier molecular flexibility index (Phi) is 7.14. The van der Waals surface area contributed by atoms with Gasteiger partial charge in [0.2, 0.25) is 0 Å². The normalized spacial score (nSPS) is 14.0. The summed E-state index contributed by atoms with van der Waals surface area (Å²) in [6.07, 6.45) is 0.469. The minimum absolute atomic E-state index is 0.469. The summed E-state index contributed by atoms with van der Waals surface area (Å²) < 4.78 is 32.8. The average molecular weight is 299 g/mol. The Labute approximate surface area is 111 Å². The Balaban J connectivity index is 5.84. The molecule has 0 aliphatic rings. The summed E-state index contributed by atoms with van der Waals surface area (Å²) in [6.45, 7) is 1.89. The van der Waals surface area contributed by atoms with Crippen molar-refractivity contribution in [3.63, 3.8) is 0 Å². The molecular formula is C9H25NO6Si2. The van der Waals surface area contributed by atoms with E-state index >= 15 is 0 Å². The van der Waals surface area contributed by atoms with Gasteiger partial charge in [0, 0.05) is 42.7 Å². The van der Waals surface area contributed by atoms with E-state index in [-0.39, 0.29) is 0 Å². The third-order valence-corrected chi connectivity index (χ3v) is 11.2. The van der Waals surface area contributed by atoms with Crippen LogP contribution in [-0.2, 0) is 26.6 Å². The molecule has 0 fully saturated rings. The van der Waals surface area contributed by atoms with Gasteiger partial charge in [-0.1, -0.05) is 6.92 Å². The molecule has 0 amide bonds. The van der Waals surface area contributed by atoms with E-state index in [1.54, 1.807) is 0 Å². The summed E-state index contributed by atoms with van der Waals surface area (Å²) in [7, 11) is 2.57. The molecule has 0 saturated heterocycles. The largest absolute Gasteiger partial charge is 0.525 e. The van der Waals surface area contributed by atoms with Crippen LogP contribution < -0.4 is 5.73 Å². The Bertz CT molecular complexity index is 211. The molecule has 0 aromatic rings. The molecule has 0 aromatic heterocycles. The zero-order chi connectivity index (χ0) is 14.4. The van der Waals surface area contributed by atoms with Crippen LogP contribution in [0.25, 0.3) is 0 Å². The lowest BCUT2D eigenvalue weighted by Gasteiger charge is -2.46. The third kappa shape index (κ3) is 2.42. The highest BCUT2D eigenvalue weighted by atomic mass is 28.5. The maximum absolute atomic E-state index is 6.49. The summed E-state index contributed by atoms with van der Waals surface area (Å²) in [5, 5.41) is 0. The zero-order valence-corrected chi connectivity index (χ0v) is 14.2. The molecule has 0 bridgehead atoms. The van der Waals surface area contributed by atoms with Crippen molar-refractivity contribution in [3.05, 3.63) is 0 Å². The minimum atomic E-state index is -3.20. The first-order chi connectivity index (χ1) is 8.42. The number of rotatable bonds is 9. The van der Waals surface area contributed by atoms with E-state index < -0.39 is 22.4 Å². The molecule has 0 spiro atoms. The second kappa shape index (κ2) is 7.07. The molecule has 0 aromatic carbocycles. The van der Waals surface area contributed by atoms with Gasteiger partial charge in [-0.05, 0) is 6.42 Å². The van der Waals surface area contributed by atoms with Gasteiger partial charge in [0.15, 0.2) is 4.79 Å². The summed E-state index contributed by atoms with van der Waals surface area (Å²) in [5.41, 5.74) is 6.49. The number of hydrogen-bond acceptors (Lipinski definition) is 7. The van der Waals surface area contributed by atoms with Crippen molar-refractivity contribution < 1.29 is 26.6 Å². The summed E-state index contributed by atoms with van der Waals surface area (Å²) in [4.78, 5) is -1.09. The van der Waals surface area contributed by atoms with E-state index in [0.29, 0.717) is 6.42 Å². The second-order valence-corrected chi connectivity index (χ2v) is 10.6. The van der Waals surface area contributed by atoms with Crippen LogP contribution in [0.4, 0.5) is 0 Å². The highest BCUT2D eigenvalue weighted by molar-refractivity contribution is 6.85. The first kappa shape index (κ1) is 18.2. The average Bonchev–Trinajstić information content (AvgIpc) is 2.43. The van der Waals surface area contributed by atoms with Gasteiger partial charge >= 0.3 is 17.6 Å². The molecule has 0 saturated carbocycles. The number of nitrogens with two attached hydrogens (primary N) is 1. The standard InChI is InChI=1S/C9H25NO6Si2/c1-8-9(10,17(11-2,12-3)13-4)18(14-5,15-6)16-7/h8,10H2,1-7H3. The van der Waals surface area contributed by atoms with Crippen molar-refractivity contribution >= 4 is 17.6 Å². The molecular weight excluding hydrogens is 274 g/mol. The molecule has 18 heavy (non-hydrogen) atoms. The van der Waals surface area contributed by atoms with Gasteiger partial charge < -0.3 is 32.3 Å². The van der Waals surface area contributed by atoms with Crippen molar-refractivity contribution in [1.29, 1.82) is 0 Å². The summed E-state index contributed by atoms with van der Waals surface area (Å²) in [6, 6.07) is 0. The van der Waals surface area contributed by atoms with E-state index in [4.69, 9.17) is 32.3 Å². The molecule has 0 radical (unpaired) electrons. The maximum Gasteiger partial charge on any atom is 0.525 e. The van der Waals surface area contributed by atoms with Crippen LogP contribution in [-0.4, -0.2) is 65.1 Å². The van der Waals surface area contributed by atoms with Gasteiger partial charge in [-0.2, -0.15) is 0 Å². The van der Waals surface area contributed by atoms with Gasteiger partial charge in [-0.25, -0.2) is 0 Å². The van der Waals surface area contributed by atoms with Gasteiger partial charge in [-0.3, -0.25) is 0 Å². The topological polar surface area (TPSA) is 81.4 Å². The smallest absolute Gasteiger partial charge is 0.376 e. The highest BCUT2D eigenvalue weighted by Crippen LogP contribution is 2.34. The summed E-state index contributed by atoms with van der Waals surface area (Å²) >= 11 is 0. The molecule has 110 valence electrons. The van der Waals surface area contributed by atoms with E-state index in [1.807, 2.05) is 6.92 Å². The fourth-order valence-electron chi connectivity index (χ4n) is 2.21. The Morgan fingerprint density at radius 3 is 1.06 bits per heavy atom. The zero-order valence-electron chi connectivity index (χ0n) is 12.2. The van der Waals surface area contributed by atoms with Crippen molar-refractivity contribution in [2.45, 2.75) is 18.1 Å². The van der Waals surface area contributed by atoms with Crippen LogP contribution in [0, 0.1) is 0 Å². The second-order valence-electron chi connectivity index (χ2n) is 3.66. The fraction of sp³-hybridized carbons (Fsp3) is 1.00. The highest BCUT2D eigenvalue weighted by Gasteiger charge is 2.73. The molecule has 0 rings (SSSR count). The molecule has 0 unspecified atom stereocenters. The molecule has 2 N–H and O–H groups in total. The lowest BCUT2D eigenvalue weighted by molar-refractivity contribution is 0.0561. The predicted octanol–water partition coefficient (Wildman–Crippen LogP) is -0.0715. The van der Waals surface area contributed by atoms with Gasteiger partial charge in [0.1, 0.15) is 0 Å². The molecule has 9 heteroatoms. The lowest BCUT2D eigenvalue weighted by Crippen LogP contribution is -2.83. The Morgan fingerprint density at radius 1 is 0.722 bits per heavy atom. The lowest BCUT2D eigenvalue weighted by atomic mass is 10.5. The van der Waals surface area contributed by atoms with Gasteiger partial charge in [-0.15, -0.1) is 0 Å². The van der Waals surface area contributed by atoms with E-state index in [1.165, 1.54) is 42.7 Å². The SMILES string of the molecule is CCC(N)([Si](OC)(OC)OC)[Si](OC)(OC)OC. The first-order valence-electron chi connectivity index (χ1n) is 5.52. The fourth-order valence-corrected chi connectivity index (χ4v) is 9.60. The van der Waals surface area contributed by atoms with Crippen LogP contribution in [0.3, 0.4) is 0 Å². The van der Waals surface area contributed by atoms with Crippen LogP contribution in [0.2, 0.25) is 0 Å². The Morgan fingerprint density at radius 2 is 0.944 bits per heavy atom. The quantitative estimate of drug-likeness (QED) is 0.597. The predicted molar refractivity (Wildman–Crippen MR) is 70.8 cm³/mol. The van der Waals surface area contributed by atoms with Crippen LogP contribution >= 0.6 is 0 Å². The maximum atomic E-state index is 6.49. The first-order valence-corrected chi connectivity index (χ1v) is 8.97. The van der Waals surface area contributed by atoms with Crippen molar-refractivity contribution in [1.82, 2.24) is 0 Å². The monoisotopic (exact) mass is 299 g/mol. The molecule has 0 heterocycles. The summed E-state index contributed by atoms with van der Waals surface area (Å²) in [5.74, 6) is 0. The Hall–Kier alpha value is 0.154. The molecule has 7 nitrogen and oxygen atoms in total. The van der Waals surface area contributed by atoms with Crippen molar-refractivity contribution in [3.8, 4) is 0 Å². The van der Waals surface area contributed by atoms with Crippen molar-refractivity contribution in [2.24, 2.45) is 5.73 Å². The van der Waals surface area contributed by atoms with Crippen molar-refractivity contribution in [2.75, 3.05) is 42.7 Å². The molecule has 0 atom stereocenters. The van der Waals surface area contributed by atoms with Gasteiger partial charge in [0.25, 0.3) is 0 Å². The van der Waals surface area contributed by atoms with E-state index in [0.717, 1.165) is 0 Å².